The molecule has 0 bridgehead atoms. The van der Waals surface area contributed by atoms with Crippen molar-refractivity contribution in [1.29, 1.82) is 0 Å². The first-order chi connectivity index (χ1) is 13.9. The lowest BCUT2D eigenvalue weighted by molar-refractivity contribution is 0.303. The summed E-state index contributed by atoms with van der Waals surface area (Å²) in [5.74, 6) is 2.85. The molecule has 158 valence electrons. The molecule has 0 spiro atoms. The molecular formula is C21H30IN5O2. The molecule has 8 heteroatoms. The van der Waals surface area contributed by atoms with Crippen molar-refractivity contribution in [2.75, 3.05) is 31.4 Å². The highest BCUT2D eigenvalue weighted by molar-refractivity contribution is 14.1. The summed E-state index contributed by atoms with van der Waals surface area (Å²) < 4.78 is 6.03. The molecule has 1 saturated carbocycles. The van der Waals surface area contributed by atoms with E-state index in [0.29, 0.717) is 23.7 Å². The van der Waals surface area contributed by atoms with Crippen LogP contribution < -0.4 is 20.7 Å². The highest BCUT2D eigenvalue weighted by Gasteiger charge is 2.24. The van der Waals surface area contributed by atoms with E-state index >= 15 is 0 Å². The van der Waals surface area contributed by atoms with E-state index in [0.717, 1.165) is 47.1 Å². The number of nitrogens with zero attached hydrogens (tertiary/aromatic N) is 3. The van der Waals surface area contributed by atoms with Gasteiger partial charge >= 0.3 is 0 Å². The van der Waals surface area contributed by atoms with Gasteiger partial charge in [-0.2, -0.15) is 4.98 Å². The van der Waals surface area contributed by atoms with Crippen LogP contribution in [0.25, 0.3) is 0 Å². The number of rotatable bonds is 7. The minimum Gasteiger partial charge on any atom is -0.504 e. The van der Waals surface area contributed by atoms with Gasteiger partial charge < -0.3 is 25.8 Å². The number of phenolic OH excluding ortho intramolecular Hbond substituents is 1. The summed E-state index contributed by atoms with van der Waals surface area (Å²) in [6.45, 7) is 0. The first-order valence-corrected chi connectivity index (χ1v) is 11.0. The number of aromatic nitrogens is 2. The van der Waals surface area contributed by atoms with Crippen LogP contribution in [0.3, 0.4) is 0 Å². The fourth-order valence-corrected chi connectivity index (χ4v) is 4.48. The lowest BCUT2D eigenvalue weighted by Gasteiger charge is -2.31. The molecule has 1 aliphatic carbocycles. The van der Waals surface area contributed by atoms with Gasteiger partial charge in [-0.3, -0.25) is 0 Å². The maximum atomic E-state index is 10.0. The minimum absolute atomic E-state index is 0.0624. The van der Waals surface area contributed by atoms with Crippen LogP contribution in [-0.4, -0.2) is 42.3 Å². The monoisotopic (exact) mass is 511 g/mol. The molecule has 1 unspecified atom stereocenters. The number of anilines is 2. The highest BCUT2D eigenvalue weighted by Crippen LogP contribution is 2.37. The van der Waals surface area contributed by atoms with Crippen LogP contribution in [0, 0.1) is 9.49 Å². The Hall–Kier alpha value is -1.81. The van der Waals surface area contributed by atoms with Crippen LogP contribution in [0.5, 0.6) is 11.5 Å². The van der Waals surface area contributed by atoms with Crippen molar-refractivity contribution >= 4 is 34.4 Å². The Morgan fingerprint density at radius 2 is 2.03 bits per heavy atom. The SMILES string of the molecule is COc1cc(C(N)CC2CCC(Nc3nccc(N(C)C)n3)CC2)cc(I)c1O. The summed E-state index contributed by atoms with van der Waals surface area (Å²) in [6, 6.07) is 6.04. The van der Waals surface area contributed by atoms with Crippen LogP contribution in [0.1, 0.15) is 43.7 Å². The summed E-state index contributed by atoms with van der Waals surface area (Å²) in [5, 5.41) is 13.5. The zero-order chi connectivity index (χ0) is 21.0. The molecule has 1 aromatic carbocycles. The number of phenols is 1. The Morgan fingerprint density at radius 1 is 1.31 bits per heavy atom. The van der Waals surface area contributed by atoms with Gasteiger partial charge in [-0.25, -0.2) is 4.98 Å². The van der Waals surface area contributed by atoms with E-state index in [1.807, 2.05) is 37.2 Å². The summed E-state index contributed by atoms with van der Waals surface area (Å²) in [6.07, 6.45) is 7.16. The van der Waals surface area contributed by atoms with Crippen LogP contribution in [0.4, 0.5) is 11.8 Å². The first kappa shape index (κ1) is 21.9. The van der Waals surface area contributed by atoms with Crippen molar-refractivity contribution in [3.05, 3.63) is 33.5 Å². The van der Waals surface area contributed by atoms with Gasteiger partial charge in [-0.15, -0.1) is 0 Å². The number of nitrogens with one attached hydrogen (secondary N) is 1. The first-order valence-electron chi connectivity index (χ1n) is 9.96. The number of nitrogens with two attached hydrogens (primary N) is 1. The number of hydrogen-bond acceptors (Lipinski definition) is 7. The number of benzene rings is 1. The molecule has 7 nitrogen and oxygen atoms in total. The second-order valence-electron chi connectivity index (χ2n) is 7.89. The zero-order valence-corrected chi connectivity index (χ0v) is 19.4. The molecule has 2 aromatic rings. The smallest absolute Gasteiger partial charge is 0.224 e. The molecular weight excluding hydrogens is 481 g/mol. The number of hydrogen-bond donors (Lipinski definition) is 3. The van der Waals surface area contributed by atoms with Crippen LogP contribution >= 0.6 is 22.6 Å². The molecule has 1 heterocycles. The zero-order valence-electron chi connectivity index (χ0n) is 17.2. The molecule has 1 fully saturated rings. The van der Waals surface area contributed by atoms with Crippen molar-refractivity contribution < 1.29 is 9.84 Å². The van der Waals surface area contributed by atoms with E-state index in [-0.39, 0.29) is 11.8 Å². The van der Waals surface area contributed by atoms with Crippen molar-refractivity contribution in [2.24, 2.45) is 11.7 Å². The average Bonchev–Trinajstić information content (AvgIpc) is 2.71. The van der Waals surface area contributed by atoms with Crippen LogP contribution in [-0.2, 0) is 0 Å². The van der Waals surface area contributed by atoms with Crippen LogP contribution in [0.2, 0.25) is 0 Å². The fraction of sp³-hybridized carbons (Fsp3) is 0.524. The van der Waals surface area contributed by atoms with Gasteiger partial charge in [0.1, 0.15) is 5.82 Å². The van der Waals surface area contributed by atoms with Gasteiger partial charge in [-0.05, 0) is 84.4 Å². The van der Waals surface area contributed by atoms with E-state index in [1.165, 1.54) is 0 Å². The lowest BCUT2D eigenvalue weighted by atomic mass is 9.81. The van der Waals surface area contributed by atoms with E-state index in [2.05, 4.69) is 37.9 Å². The van der Waals surface area contributed by atoms with Crippen molar-refractivity contribution in [1.82, 2.24) is 9.97 Å². The number of methoxy groups -OCH3 is 1. The van der Waals surface area contributed by atoms with Gasteiger partial charge in [0.05, 0.1) is 10.7 Å². The topological polar surface area (TPSA) is 96.5 Å². The predicted molar refractivity (Wildman–Crippen MR) is 125 cm³/mol. The van der Waals surface area contributed by atoms with Gasteiger partial charge in [0.25, 0.3) is 0 Å². The molecule has 4 N–H and O–H groups in total. The van der Waals surface area contributed by atoms with Crippen molar-refractivity contribution in [3.8, 4) is 11.5 Å². The molecule has 29 heavy (non-hydrogen) atoms. The maximum Gasteiger partial charge on any atom is 0.224 e. The number of aromatic hydroxyl groups is 1. The molecule has 1 atom stereocenters. The molecule has 0 saturated heterocycles. The maximum absolute atomic E-state index is 10.0. The molecule has 1 aromatic heterocycles. The van der Waals surface area contributed by atoms with Crippen LogP contribution in [0.15, 0.2) is 24.4 Å². The number of halogens is 1. The quantitative estimate of drug-likeness (QED) is 0.485. The third-order valence-corrected chi connectivity index (χ3v) is 6.39. The predicted octanol–water partition coefficient (Wildman–Crippen LogP) is 3.92. The summed E-state index contributed by atoms with van der Waals surface area (Å²) >= 11 is 2.11. The van der Waals surface area contributed by atoms with Gasteiger partial charge in [-0.1, -0.05) is 0 Å². The second kappa shape index (κ2) is 9.80. The minimum atomic E-state index is -0.0624. The third-order valence-electron chi connectivity index (χ3n) is 5.57. The van der Waals surface area contributed by atoms with E-state index in [9.17, 15) is 5.11 Å². The van der Waals surface area contributed by atoms with Gasteiger partial charge in [0.15, 0.2) is 11.5 Å². The van der Waals surface area contributed by atoms with E-state index in [1.54, 1.807) is 13.3 Å². The number of ether oxygens (including phenoxy) is 1. The standard InChI is InChI=1S/C21H30IN5O2/c1-27(2)19-8-9-24-21(26-19)25-15-6-4-13(5-7-15)10-17(23)14-11-16(22)20(28)18(12-14)29-3/h8-9,11-13,15,17,28H,4-7,10,23H2,1-3H3,(H,24,25,26). The van der Waals surface area contributed by atoms with E-state index in [4.69, 9.17) is 10.5 Å². The Kier molecular flexibility index (Phi) is 7.39. The summed E-state index contributed by atoms with van der Waals surface area (Å²) in [7, 11) is 5.52. The average molecular weight is 511 g/mol. The normalized spacial score (nSPS) is 20.2. The van der Waals surface area contributed by atoms with Gasteiger partial charge in [0.2, 0.25) is 5.95 Å². The molecule has 0 radical (unpaired) electrons. The Balaban J connectivity index is 1.53. The van der Waals surface area contributed by atoms with Crippen molar-refractivity contribution in [2.45, 2.75) is 44.2 Å². The largest absolute Gasteiger partial charge is 0.504 e. The second-order valence-corrected chi connectivity index (χ2v) is 9.05. The lowest BCUT2D eigenvalue weighted by Crippen LogP contribution is -2.28. The van der Waals surface area contributed by atoms with Gasteiger partial charge in [0, 0.05) is 32.4 Å². The Bertz CT molecular complexity index is 825. The summed E-state index contributed by atoms with van der Waals surface area (Å²) in [4.78, 5) is 10.9. The molecule has 1 aliphatic rings. The fourth-order valence-electron chi connectivity index (χ4n) is 3.85. The summed E-state index contributed by atoms with van der Waals surface area (Å²) in [5.41, 5.74) is 7.50. The highest BCUT2D eigenvalue weighted by atomic mass is 127. The van der Waals surface area contributed by atoms with Crippen molar-refractivity contribution in [3.63, 3.8) is 0 Å². The van der Waals surface area contributed by atoms with E-state index < -0.39 is 0 Å². The Morgan fingerprint density at radius 3 is 2.69 bits per heavy atom. The Labute approximate surface area is 186 Å². The molecule has 0 aliphatic heterocycles. The molecule has 3 rings (SSSR count). The third kappa shape index (κ3) is 5.63. The molecule has 0 amide bonds.